The van der Waals surface area contributed by atoms with Crippen LogP contribution in [0.5, 0.6) is 17.2 Å². The summed E-state index contributed by atoms with van der Waals surface area (Å²) in [6.07, 6.45) is 11.0. The van der Waals surface area contributed by atoms with Gasteiger partial charge in [0.25, 0.3) is 0 Å². The molecule has 7 nitrogen and oxygen atoms in total. The number of phenolic OH excluding ortho intramolecular Hbond substituents is 3. The van der Waals surface area contributed by atoms with Crippen molar-refractivity contribution in [2.24, 2.45) is 28.1 Å². The molecule has 4 atom stereocenters. The molecule has 264 valence electrons. The van der Waals surface area contributed by atoms with E-state index < -0.39 is 27.9 Å². The first kappa shape index (κ1) is 40.3. The summed E-state index contributed by atoms with van der Waals surface area (Å²) in [5.41, 5.74) is 0.583. The van der Waals surface area contributed by atoms with Crippen molar-refractivity contribution in [1.29, 1.82) is 0 Å². The highest BCUT2D eigenvalue weighted by Crippen LogP contribution is 2.67. The fourth-order valence-electron chi connectivity index (χ4n) is 7.29. The van der Waals surface area contributed by atoms with E-state index in [1.165, 1.54) is 5.57 Å². The predicted octanol–water partition coefficient (Wildman–Crippen LogP) is 9.79. The zero-order valence-electron chi connectivity index (χ0n) is 31.0. The summed E-state index contributed by atoms with van der Waals surface area (Å²) >= 11 is 0. The first-order valence-electron chi connectivity index (χ1n) is 17.0. The zero-order valence-corrected chi connectivity index (χ0v) is 31.0. The third kappa shape index (κ3) is 8.22. The minimum absolute atomic E-state index is 0.117. The zero-order chi connectivity index (χ0) is 36.8. The first-order chi connectivity index (χ1) is 22.2. The normalized spacial score (nSPS) is 24.7. The lowest BCUT2D eigenvalue weighted by atomic mass is 9.38. The van der Waals surface area contributed by atoms with E-state index in [-0.39, 0.29) is 58.9 Å². The number of benzene rings is 1. The predicted molar refractivity (Wildman–Crippen MR) is 193 cm³/mol. The quantitative estimate of drug-likeness (QED) is 0.137. The number of carbonyl (C=O) groups excluding carboxylic acids is 3. The molecule has 7 heteroatoms. The molecule has 0 spiro atoms. The molecule has 0 amide bonds. The molecule has 0 saturated heterocycles. The van der Waals surface area contributed by atoms with Crippen molar-refractivity contribution in [3.63, 3.8) is 0 Å². The molecule has 1 aromatic carbocycles. The minimum atomic E-state index is -1.83. The molecule has 1 saturated carbocycles. The number of rotatable bonds is 11. The topological polar surface area (TPSA) is 132 Å². The summed E-state index contributed by atoms with van der Waals surface area (Å²) in [5.74, 6) is -2.36. The highest BCUT2D eigenvalue weighted by molar-refractivity contribution is 6.33. The first-order valence-corrected chi connectivity index (χ1v) is 17.0. The lowest BCUT2D eigenvalue weighted by Crippen LogP contribution is -2.71. The van der Waals surface area contributed by atoms with E-state index in [1.807, 2.05) is 74.5 Å². The number of carbonyl (C=O) groups is 3. The van der Waals surface area contributed by atoms with Crippen LogP contribution in [0.2, 0.25) is 0 Å². The summed E-state index contributed by atoms with van der Waals surface area (Å²) in [6.45, 7) is 21.6. The summed E-state index contributed by atoms with van der Waals surface area (Å²) in [6, 6.07) is 3.42. The molecule has 0 radical (unpaired) electrons. The lowest BCUT2D eigenvalue weighted by Gasteiger charge is -2.61. The number of hydrogen-bond donors (Lipinski definition) is 4. The molecule has 0 aromatic heterocycles. The van der Waals surface area contributed by atoms with Gasteiger partial charge in [-0.2, -0.15) is 0 Å². The molecular formula is C41H58O7. The Labute approximate surface area is 287 Å². The minimum Gasteiger partial charge on any atom is -0.511 e. The number of Topliss-reactive ketones (excluding diaryl/α,β-unsaturated/α-hetero) is 3. The van der Waals surface area contributed by atoms with E-state index in [0.717, 1.165) is 34.9 Å². The van der Waals surface area contributed by atoms with Crippen molar-refractivity contribution < 1.29 is 34.8 Å². The van der Waals surface area contributed by atoms with Crippen molar-refractivity contribution in [2.75, 3.05) is 0 Å². The fraction of sp³-hybridized carbons (Fsp3) is 0.537. The number of allylic oxidation sites excluding steroid dienone is 10. The second kappa shape index (κ2) is 16.0. The van der Waals surface area contributed by atoms with E-state index >= 15 is 0 Å². The molecule has 1 aromatic rings. The van der Waals surface area contributed by atoms with Crippen LogP contribution >= 0.6 is 0 Å². The Hall–Kier alpha value is -3.87. The van der Waals surface area contributed by atoms with Gasteiger partial charge in [-0.15, -0.1) is 0 Å². The van der Waals surface area contributed by atoms with Crippen LogP contribution in [0.3, 0.4) is 0 Å². The van der Waals surface area contributed by atoms with Crippen LogP contribution in [0.15, 0.2) is 76.1 Å². The van der Waals surface area contributed by atoms with Gasteiger partial charge in [0, 0.05) is 29.7 Å². The standard InChI is InChI=1S/C35H52O4.C6H6O3/c1-22(2)13-12-19-33(11)27(16-14-23(3)4)21-34(20-18-25(7)8)30(37)28(17-15-24(5)6)31(38)35(33,32(34)39)29(36)26(9)10;7-4-1-5(8)3-6(9)2-4/h13-15,18,26-27,37H,12,16-17,19-21H2,1-11H3;1-3,7-9H/t27-,33+,34+,35-;/m0./s1. The molecule has 2 aliphatic carbocycles. The molecule has 2 aliphatic rings. The molecule has 0 aliphatic heterocycles. The smallest absolute Gasteiger partial charge is 0.184 e. The van der Waals surface area contributed by atoms with Crippen LogP contribution in [-0.2, 0) is 14.4 Å². The monoisotopic (exact) mass is 662 g/mol. The van der Waals surface area contributed by atoms with Crippen LogP contribution in [-0.4, -0.2) is 37.8 Å². The number of hydrogen-bond acceptors (Lipinski definition) is 7. The molecule has 3 rings (SSSR count). The second-order valence-electron chi connectivity index (χ2n) is 15.2. The van der Waals surface area contributed by atoms with Gasteiger partial charge >= 0.3 is 0 Å². The molecule has 48 heavy (non-hydrogen) atoms. The highest BCUT2D eigenvalue weighted by Gasteiger charge is 2.75. The average molecular weight is 663 g/mol. The van der Waals surface area contributed by atoms with Gasteiger partial charge in [0.15, 0.2) is 22.8 Å². The number of aliphatic hydroxyl groups is 1. The fourth-order valence-corrected chi connectivity index (χ4v) is 7.29. The van der Waals surface area contributed by atoms with Gasteiger partial charge in [-0.05, 0) is 105 Å². The van der Waals surface area contributed by atoms with Crippen LogP contribution in [0.1, 0.15) is 115 Å². The third-order valence-corrected chi connectivity index (χ3v) is 9.86. The van der Waals surface area contributed by atoms with Crippen LogP contribution in [0.25, 0.3) is 0 Å². The Morgan fingerprint density at radius 2 is 1.27 bits per heavy atom. The number of fused-ring (bicyclic) bond motifs is 2. The van der Waals surface area contributed by atoms with Crippen molar-refractivity contribution in [3.8, 4) is 17.2 Å². The van der Waals surface area contributed by atoms with Gasteiger partial charge in [-0.25, -0.2) is 0 Å². The highest BCUT2D eigenvalue weighted by atomic mass is 16.3. The van der Waals surface area contributed by atoms with Gasteiger partial charge in [0.1, 0.15) is 23.0 Å². The number of aromatic hydroxyl groups is 3. The maximum absolute atomic E-state index is 15.0. The molecule has 2 bridgehead atoms. The van der Waals surface area contributed by atoms with Crippen molar-refractivity contribution in [3.05, 3.63) is 76.1 Å². The van der Waals surface area contributed by atoms with Crippen molar-refractivity contribution in [1.82, 2.24) is 0 Å². The summed E-state index contributed by atoms with van der Waals surface area (Å²) < 4.78 is 0. The Morgan fingerprint density at radius 1 is 0.792 bits per heavy atom. The molecular weight excluding hydrogens is 604 g/mol. The van der Waals surface area contributed by atoms with Gasteiger partial charge in [-0.1, -0.05) is 67.4 Å². The second-order valence-corrected chi connectivity index (χ2v) is 15.2. The van der Waals surface area contributed by atoms with E-state index in [4.69, 9.17) is 15.3 Å². The van der Waals surface area contributed by atoms with Gasteiger partial charge in [0.05, 0.1) is 5.41 Å². The lowest BCUT2D eigenvalue weighted by molar-refractivity contribution is -0.180. The molecule has 0 unspecified atom stereocenters. The van der Waals surface area contributed by atoms with Crippen LogP contribution < -0.4 is 0 Å². The summed E-state index contributed by atoms with van der Waals surface area (Å²) in [4.78, 5) is 44.3. The SMILES string of the molecule is CC(C)=CCC[C@]1(C)[C@@H](CC=C(C)C)C[C@@]2(CC=C(C)C)C(=O)[C@]1(C(=O)C(C)C)C(=O)C(CC=C(C)C)=C2O.Oc1cc(O)cc(O)c1. The van der Waals surface area contributed by atoms with Crippen LogP contribution in [0, 0.1) is 28.1 Å². The number of ketones is 3. The third-order valence-electron chi connectivity index (χ3n) is 9.86. The van der Waals surface area contributed by atoms with Gasteiger partial charge in [0.2, 0.25) is 0 Å². The van der Waals surface area contributed by atoms with E-state index in [1.54, 1.807) is 13.8 Å². The molecule has 4 N–H and O–H groups in total. The van der Waals surface area contributed by atoms with E-state index in [2.05, 4.69) is 12.2 Å². The number of phenols is 3. The van der Waals surface area contributed by atoms with Crippen LogP contribution in [0.4, 0.5) is 0 Å². The Bertz CT molecular complexity index is 1490. The summed E-state index contributed by atoms with van der Waals surface area (Å²) in [5, 5.41) is 37.9. The maximum atomic E-state index is 15.0. The van der Waals surface area contributed by atoms with E-state index in [9.17, 15) is 19.5 Å². The van der Waals surface area contributed by atoms with Crippen molar-refractivity contribution in [2.45, 2.75) is 115 Å². The summed E-state index contributed by atoms with van der Waals surface area (Å²) in [7, 11) is 0. The maximum Gasteiger partial charge on any atom is 0.184 e. The Morgan fingerprint density at radius 3 is 1.71 bits per heavy atom. The largest absolute Gasteiger partial charge is 0.511 e. The van der Waals surface area contributed by atoms with Crippen molar-refractivity contribution >= 4 is 17.3 Å². The Kier molecular flexibility index (Phi) is 13.5. The average Bonchev–Trinajstić information content (AvgIpc) is 2.95. The molecule has 1 fully saturated rings. The van der Waals surface area contributed by atoms with Gasteiger partial charge in [-0.3, -0.25) is 14.4 Å². The Balaban J connectivity index is 0.000000764. The van der Waals surface area contributed by atoms with E-state index in [0.29, 0.717) is 25.7 Å². The van der Waals surface area contributed by atoms with Gasteiger partial charge < -0.3 is 20.4 Å². The number of aliphatic hydroxyl groups excluding tert-OH is 1. The molecule has 0 heterocycles.